The van der Waals surface area contributed by atoms with Crippen LogP contribution in [0, 0.1) is 0 Å². The molecule has 2 aromatic rings. The molecule has 1 aliphatic carbocycles. The first-order chi connectivity index (χ1) is 10.3. The Labute approximate surface area is 123 Å². The van der Waals surface area contributed by atoms with Gasteiger partial charge in [-0.3, -0.25) is 14.8 Å². The molecule has 0 saturated heterocycles. The van der Waals surface area contributed by atoms with E-state index in [4.69, 9.17) is 5.73 Å². The fourth-order valence-corrected chi connectivity index (χ4v) is 2.31. The summed E-state index contributed by atoms with van der Waals surface area (Å²) in [5.41, 5.74) is 7.88. The van der Waals surface area contributed by atoms with Gasteiger partial charge < -0.3 is 10.6 Å². The SMILES string of the molecule is NCc1cc(C(=O)N(Cc2ccccn2)C2CC2)ccn1. The van der Waals surface area contributed by atoms with Gasteiger partial charge in [0.1, 0.15) is 0 Å². The van der Waals surface area contributed by atoms with E-state index in [9.17, 15) is 4.79 Å². The van der Waals surface area contributed by atoms with Gasteiger partial charge in [-0.25, -0.2) is 0 Å². The van der Waals surface area contributed by atoms with Crippen molar-refractivity contribution in [2.45, 2.75) is 32.0 Å². The number of carbonyl (C=O) groups excluding carboxylic acids is 1. The molecule has 5 heteroatoms. The summed E-state index contributed by atoms with van der Waals surface area (Å²) in [5.74, 6) is 0.0280. The summed E-state index contributed by atoms with van der Waals surface area (Å²) in [7, 11) is 0. The number of nitrogens with zero attached hydrogens (tertiary/aromatic N) is 3. The zero-order chi connectivity index (χ0) is 14.7. The molecule has 3 rings (SSSR count). The Morgan fingerprint density at radius 2 is 2.00 bits per heavy atom. The highest BCUT2D eigenvalue weighted by atomic mass is 16.2. The third kappa shape index (κ3) is 3.25. The minimum absolute atomic E-state index is 0.0280. The van der Waals surface area contributed by atoms with E-state index in [1.807, 2.05) is 23.1 Å². The van der Waals surface area contributed by atoms with Crippen molar-refractivity contribution < 1.29 is 4.79 Å². The molecule has 0 spiro atoms. The number of hydrogen-bond acceptors (Lipinski definition) is 4. The second kappa shape index (κ2) is 6.01. The first-order valence-electron chi connectivity index (χ1n) is 7.14. The lowest BCUT2D eigenvalue weighted by Gasteiger charge is -2.22. The van der Waals surface area contributed by atoms with E-state index in [0.29, 0.717) is 24.7 Å². The average molecular weight is 282 g/mol. The number of carbonyl (C=O) groups is 1. The maximum absolute atomic E-state index is 12.7. The predicted octanol–water partition coefficient (Wildman–Crippen LogP) is 1.74. The predicted molar refractivity (Wildman–Crippen MR) is 79.3 cm³/mol. The van der Waals surface area contributed by atoms with E-state index < -0.39 is 0 Å². The van der Waals surface area contributed by atoms with E-state index in [1.165, 1.54) is 0 Å². The molecule has 0 radical (unpaired) electrons. The van der Waals surface area contributed by atoms with Crippen LogP contribution in [0.5, 0.6) is 0 Å². The Hall–Kier alpha value is -2.27. The first-order valence-corrected chi connectivity index (χ1v) is 7.14. The standard InChI is InChI=1S/C16H18N4O/c17-10-14-9-12(6-8-19-14)16(21)20(15-4-5-15)11-13-3-1-2-7-18-13/h1-3,6-9,15H,4-5,10-11,17H2. The first kappa shape index (κ1) is 13.7. The molecule has 0 bridgehead atoms. The van der Waals surface area contributed by atoms with E-state index in [1.54, 1.807) is 24.5 Å². The second-order valence-electron chi connectivity index (χ2n) is 5.23. The Kier molecular flexibility index (Phi) is 3.92. The van der Waals surface area contributed by atoms with Gasteiger partial charge in [-0.2, -0.15) is 0 Å². The topological polar surface area (TPSA) is 72.1 Å². The van der Waals surface area contributed by atoms with Gasteiger partial charge >= 0.3 is 0 Å². The van der Waals surface area contributed by atoms with E-state index in [0.717, 1.165) is 24.2 Å². The zero-order valence-electron chi connectivity index (χ0n) is 11.8. The molecule has 1 amide bonds. The van der Waals surface area contributed by atoms with Crippen molar-refractivity contribution in [3.05, 3.63) is 59.7 Å². The highest BCUT2D eigenvalue weighted by molar-refractivity contribution is 5.94. The lowest BCUT2D eigenvalue weighted by Crippen LogP contribution is -2.33. The largest absolute Gasteiger partial charge is 0.330 e. The molecule has 0 aromatic carbocycles. The lowest BCUT2D eigenvalue weighted by molar-refractivity contribution is 0.0727. The normalized spacial score (nSPS) is 14.0. The molecular formula is C16H18N4O. The number of hydrogen-bond donors (Lipinski definition) is 1. The second-order valence-corrected chi connectivity index (χ2v) is 5.23. The third-order valence-electron chi connectivity index (χ3n) is 3.58. The van der Waals surface area contributed by atoms with Crippen molar-refractivity contribution in [2.75, 3.05) is 0 Å². The van der Waals surface area contributed by atoms with Crippen LogP contribution in [0.25, 0.3) is 0 Å². The molecule has 21 heavy (non-hydrogen) atoms. The van der Waals surface area contributed by atoms with Crippen molar-refractivity contribution in [3.8, 4) is 0 Å². The van der Waals surface area contributed by atoms with E-state index >= 15 is 0 Å². The fraction of sp³-hybridized carbons (Fsp3) is 0.312. The number of rotatable bonds is 5. The van der Waals surface area contributed by atoms with Crippen LogP contribution in [0.4, 0.5) is 0 Å². The summed E-state index contributed by atoms with van der Waals surface area (Å²) in [4.78, 5) is 23.1. The number of pyridine rings is 2. The minimum atomic E-state index is 0.0280. The van der Waals surface area contributed by atoms with Crippen LogP contribution < -0.4 is 5.73 Å². The van der Waals surface area contributed by atoms with Crippen LogP contribution in [0.1, 0.15) is 34.6 Å². The van der Waals surface area contributed by atoms with Gasteiger partial charge in [0, 0.05) is 30.5 Å². The highest BCUT2D eigenvalue weighted by Gasteiger charge is 2.33. The number of aromatic nitrogens is 2. The quantitative estimate of drug-likeness (QED) is 0.906. The minimum Gasteiger partial charge on any atom is -0.330 e. The summed E-state index contributed by atoms with van der Waals surface area (Å²) < 4.78 is 0. The average Bonchev–Trinajstić information content (AvgIpc) is 3.38. The van der Waals surface area contributed by atoms with Gasteiger partial charge in [0.25, 0.3) is 5.91 Å². The Balaban J connectivity index is 1.81. The molecule has 1 saturated carbocycles. The number of nitrogens with two attached hydrogens (primary N) is 1. The third-order valence-corrected chi connectivity index (χ3v) is 3.58. The number of amides is 1. The van der Waals surface area contributed by atoms with E-state index in [2.05, 4.69) is 9.97 Å². The Morgan fingerprint density at radius 3 is 2.67 bits per heavy atom. The summed E-state index contributed by atoms with van der Waals surface area (Å²) in [6, 6.07) is 9.61. The molecule has 2 heterocycles. The molecule has 1 aliphatic rings. The Morgan fingerprint density at radius 1 is 1.19 bits per heavy atom. The monoisotopic (exact) mass is 282 g/mol. The van der Waals surface area contributed by atoms with Crippen LogP contribution >= 0.6 is 0 Å². The van der Waals surface area contributed by atoms with Crippen LogP contribution in [0.2, 0.25) is 0 Å². The Bertz CT molecular complexity index is 625. The maximum atomic E-state index is 12.7. The van der Waals surface area contributed by atoms with Crippen molar-refractivity contribution in [3.63, 3.8) is 0 Å². The molecule has 108 valence electrons. The summed E-state index contributed by atoms with van der Waals surface area (Å²) in [5, 5.41) is 0. The lowest BCUT2D eigenvalue weighted by atomic mass is 10.2. The molecule has 0 atom stereocenters. The maximum Gasteiger partial charge on any atom is 0.254 e. The zero-order valence-corrected chi connectivity index (χ0v) is 11.8. The molecule has 2 N–H and O–H groups in total. The van der Waals surface area contributed by atoms with Crippen LogP contribution in [-0.4, -0.2) is 26.8 Å². The van der Waals surface area contributed by atoms with Gasteiger partial charge in [-0.15, -0.1) is 0 Å². The smallest absolute Gasteiger partial charge is 0.254 e. The molecule has 0 unspecified atom stereocenters. The van der Waals surface area contributed by atoms with E-state index in [-0.39, 0.29) is 5.91 Å². The van der Waals surface area contributed by atoms with Crippen molar-refractivity contribution in [2.24, 2.45) is 5.73 Å². The summed E-state index contributed by atoms with van der Waals surface area (Å²) in [6.07, 6.45) is 5.52. The molecule has 5 nitrogen and oxygen atoms in total. The van der Waals surface area contributed by atoms with Gasteiger partial charge in [-0.1, -0.05) is 6.07 Å². The van der Waals surface area contributed by atoms with Gasteiger partial charge in [0.2, 0.25) is 0 Å². The van der Waals surface area contributed by atoms with Gasteiger partial charge in [0.05, 0.1) is 17.9 Å². The summed E-state index contributed by atoms with van der Waals surface area (Å²) >= 11 is 0. The van der Waals surface area contributed by atoms with Gasteiger partial charge in [0.15, 0.2) is 0 Å². The van der Waals surface area contributed by atoms with Crippen molar-refractivity contribution in [1.82, 2.24) is 14.9 Å². The highest BCUT2D eigenvalue weighted by Crippen LogP contribution is 2.29. The molecule has 2 aromatic heterocycles. The van der Waals surface area contributed by atoms with Crippen LogP contribution in [0.15, 0.2) is 42.7 Å². The molecule has 0 aliphatic heterocycles. The van der Waals surface area contributed by atoms with Crippen molar-refractivity contribution >= 4 is 5.91 Å². The van der Waals surface area contributed by atoms with Crippen LogP contribution in [-0.2, 0) is 13.1 Å². The van der Waals surface area contributed by atoms with Gasteiger partial charge in [-0.05, 0) is 37.1 Å². The molecular weight excluding hydrogens is 264 g/mol. The van der Waals surface area contributed by atoms with Crippen molar-refractivity contribution in [1.29, 1.82) is 0 Å². The molecule has 1 fully saturated rings. The van der Waals surface area contributed by atoms with Crippen LogP contribution in [0.3, 0.4) is 0 Å². The summed E-state index contributed by atoms with van der Waals surface area (Å²) in [6.45, 7) is 0.884. The fourth-order valence-electron chi connectivity index (χ4n) is 2.31.